The van der Waals surface area contributed by atoms with E-state index in [0.29, 0.717) is 24.7 Å². The standard InChI is InChI=1S/C9H11N3O4/c10-2-1-5-4-11-8(12-5)6(9(15)16)3-7(13)14/h3-4H,1-2,10H2,(H,11,12)(H,13,14)(H,15,16)/b6-3-. The Bertz CT molecular complexity index is 436. The lowest BCUT2D eigenvalue weighted by molar-refractivity contribution is -0.133. The fourth-order valence-electron chi connectivity index (χ4n) is 1.13. The first kappa shape index (κ1) is 11.9. The van der Waals surface area contributed by atoms with Gasteiger partial charge in [0, 0.05) is 24.4 Å². The minimum Gasteiger partial charge on any atom is -0.478 e. The van der Waals surface area contributed by atoms with Gasteiger partial charge in [-0.15, -0.1) is 0 Å². The molecule has 0 radical (unpaired) electrons. The van der Waals surface area contributed by atoms with Crippen molar-refractivity contribution in [2.45, 2.75) is 6.42 Å². The van der Waals surface area contributed by atoms with Gasteiger partial charge in [0.25, 0.3) is 0 Å². The summed E-state index contributed by atoms with van der Waals surface area (Å²) in [6, 6.07) is 0. The number of nitrogens with one attached hydrogen (secondary N) is 1. The molecule has 0 aliphatic rings. The number of nitrogens with zero attached hydrogens (tertiary/aromatic N) is 1. The fraction of sp³-hybridized carbons (Fsp3) is 0.222. The Balaban J connectivity index is 3.02. The highest BCUT2D eigenvalue weighted by molar-refractivity contribution is 6.18. The van der Waals surface area contributed by atoms with Crippen LogP contribution in [0.1, 0.15) is 11.5 Å². The fourth-order valence-corrected chi connectivity index (χ4v) is 1.13. The summed E-state index contributed by atoms with van der Waals surface area (Å²) in [4.78, 5) is 27.7. The number of rotatable bonds is 5. The second-order valence-corrected chi connectivity index (χ2v) is 3.00. The summed E-state index contributed by atoms with van der Waals surface area (Å²) in [6.45, 7) is 0.396. The molecule has 1 aromatic rings. The summed E-state index contributed by atoms with van der Waals surface area (Å²) in [5.41, 5.74) is 5.58. The van der Waals surface area contributed by atoms with Gasteiger partial charge in [-0.1, -0.05) is 0 Å². The summed E-state index contributed by atoms with van der Waals surface area (Å²) in [7, 11) is 0. The van der Waals surface area contributed by atoms with Crippen LogP contribution in [0.2, 0.25) is 0 Å². The van der Waals surface area contributed by atoms with Gasteiger partial charge in [0.05, 0.1) is 0 Å². The number of aromatic amines is 1. The van der Waals surface area contributed by atoms with Crippen molar-refractivity contribution in [2.24, 2.45) is 5.73 Å². The third-order valence-corrected chi connectivity index (χ3v) is 1.80. The van der Waals surface area contributed by atoms with Crippen LogP contribution in [-0.4, -0.2) is 38.7 Å². The SMILES string of the molecule is NCCc1cnc(/C(=C/C(=O)O)C(=O)O)[nH]1. The molecule has 0 fully saturated rings. The largest absolute Gasteiger partial charge is 0.478 e. The first-order chi connectivity index (χ1) is 7.54. The van der Waals surface area contributed by atoms with E-state index in [0.717, 1.165) is 0 Å². The third-order valence-electron chi connectivity index (χ3n) is 1.80. The van der Waals surface area contributed by atoms with Gasteiger partial charge >= 0.3 is 11.9 Å². The predicted octanol–water partition coefficient (Wildman–Crippen LogP) is -0.537. The highest BCUT2D eigenvalue weighted by Gasteiger charge is 2.15. The molecule has 0 atom stereocenters. The van der Waals surface area contributed by atoms with Crippen LogP contribution in [-0.2, 0) is 16.0 Å². The van der Waals surface area contributed by atoms with Crippen molar-refractivity contribution >= 4 is 17.5 Å². The van der Waals surface area contributed by atoms with Crippen molar-refractivity contribution in [1.82, 2.24) is 9.97 Å². The van der Waals surface area contributed by atoms with Crippen molar-refractivity contribution < 1.29 is 19.8 Å². The molecule has 1 aromatic heterocycles. The molecule has 0 bridgehead atoms. The van der Waals surface area contributed by atoms with E-state index in [9.17, 15) is 9.59 Å². The molecule has 0 saturated heterocycles. The normalized spacial score (nSPS) is 11.4. The van der Waals surface area contributed by atoms with Crippen molar-refractivity contribution in [3.8, 4) is 0 Å². The Kier molecular flexibility index (Phi) is 3.78. The predicted molar refractivity (Wildman–Crippen MR) is 54.6 cm³/mol. The van der Waals surface area contributed by atoms with E-state index in [1.54, 1.807) is 0 Å². The second-order valence-electron chi connectivity index (χ2n) is 3.00. The average molecular weight is 225 g/mol. The molecule has 0 aromatic carbocycles. The lowest BCUT2D eigenvalue weighted by Crippen LogP contribution is -2.06. The molecule has 0 aliphatic heterocycles. The maximum atomic E-state index is 10.8. The van der Waals surface area contributed by atoms with Crippen LogP contribution in [0.5, 0.6) is 0 Å². The van der Waals surface area contributed by atoms with Crippen molar-refractivity contribution in [2.75, 3.05) is 6.54 Å². The van der Waals surface area contributed by atoms with Gasteiger partial charge in [-0.3, -0.25) is 0 Å². The average Bonchev–Trinajstić information content (AvgIpc) is 2.62. The second kappa shape index (κ2) is 5.08. The Morgan fingerprint density at radius 2 is 2.19 bits per heavy atom. The topological polar surface area (TPSA) is 129 Å². The van der Waals surface area contributed by atoms with Crippen molar-refractivity contribution in [3.63, 3.8) is 0 Å². The highest BCUT2D eigenvalue weighted by Crippen LogP contribution is 2.11. The van der Waals surface area contributed by atoms with Crippen LogP contribution in [0.3, 0.4) is 0 Å². The van der Waals surface area contributed by atoms with Gasteiger partial charge in [0.15, 0.2) is 0 Å². The Labute approximate surface area is 90.6 Å². The number of aromatic nitrogens is 2. The molecule has 7 nitrogen and oxygen atoms in total. The first-order valence-corrected chi connectivity index (χ1v) is 4.47. The van der Waals surface area contributed by atoms with Crippen LogP contribution in [0.25, 0.3) is 5.57 Å². The zero-order valence-corrected chi connectivity index (χ0v) is 8.30. The maximum Gasteiger partial charge on any atom is 0.339 e. The van der Waals surface area contributed by atoms with Gasteiger partial charge in [-0.2, -0.15) is 0 Å². The van der Waals surface area contributed by atoms with E-state index in [4.69, 9.17) is 15.9 Å². The minimum atomic E-state index is -1.35. The molecular weight excluding hydrogens is 214 g/mol. The molecule has 1 heterocycles. The van der Waals surface area contributed by atoms with Gasteiger partial charge in [-0.25, -0.2) is 14.6 Å². The molecule has 0 saturated carbocycles. The monoisotopic (exact) mass is 225 g/mol. The summed E-state index contributed by atoms with van der Waals surface area (Å²) in [5.74, 6) is -2.68. The van der Waals surface area contributed by atoms with Crippen LogP contribution >= 0.6 is 0 Å². The van der Waals surface area contributed by atoms with Crippen LogP contribution in [0, 0.1) is 0 Å². The maximum absolute atomic E-state index is 10.8. The van der Waals surface area contributed by atoms with Gasteiger partial charge in [-0.05, 0) is 6.54 Å². The summed E-state index contributed by atoms with van der Waals surface area (Å²) in [6.07, 6.45) is 2.54. The first-order valence-electron chi connectivity index (χ1n) is 4.47. The van der Waals surface area contributed by atoms with Crippen molar-refractivity contribution in [1.29, 1.82) is 0 Å². The number of carboxylic acids is 2. The van der Waals surface area contributed by atoms with Gasteiger partial charge in [0.2, 0.25) is 0 Å². The van der Waals surface area contributed by atoms with Gasteiger partial charge < -0.3 is 20.9 Å². The van der Waals surface area contributed by atoms with Crippen molar-refractivity contribution in [3.05, 3.63) is 23.8 Å². The molecule has 0 spiro atoms. The van der Waals surface area contributed by atoms with E-state index >= 15 is 0 Å². The number of imidazole rings is 1. The molecule has 86 valence electrons. The molecule has 0 aliphatic carbocycles. The number of carbonyl (C=O) groups is 2. The molecule has 16 heavy (non-hydrogen) atoms. The van der Waals surface area contributed by atoms with Crippen LogP contribution in [0.15, 0.2) is 12.3 Å². The number of H-pyrrole nitrogens is 1. The summed E-state index contributed by atoms with van der Waals surface area (Å²) < 4.78 is 0. The molecule has 0 amide bonds. The molecule has 1 rings (SSSR count). The quantitative estimate of drug-likeness (QED) is 0.498. The summed E-state index contributed by atoms with van der Waals surface area (Å²) >= 11 is 0. The zero-order valence-electron chi connectivity index (χ0n) is 8.30. The van der Waals surface area contributed by atoms with E-state index in [1.807, 2.05) is 0 Å². The number of hydrogen-bond donors (Lipinski definition) is 4. The van der Waals surface area contributed by atoms with Crippen LogP contribution in [0.4, 0.5) is 0 Å². The van der Waals surface area contributed by atoms with E-state index in [1.165, 1.54) is 6.20 Å². The minimum absolute atomic E-state index is 0.0124. The molecule has 5 N–H and O–H groups in total. The lowest BCUT2D eigenvalue weighted by Gasteiger charge is -1.96. The highest BCUT2D eigenvalue weighted by atomic mass is 16.4. The number of aliphatic carboxylic acids is 2. The molecular formula is C9H11N3O4. The number of carboxylic acid groups (broad SMARTS) is 2. The lowest BCUT2D eigenvalue weighted by atomic mass is 10.2. The smallest absolute Gasteiger partial charge is 0.339 e. The van der Waals surface area contributed by atoms with Crippen LogP contribution < -0.4 is 5.73 Å². The number of nitrogens with two attached hydrogens (primary N) is 1. The third kappa shape index (κ3) is 2.92. The van der Waals surface area contributed by atoms with E-state index < -0.39 is 17.5 Å². The molecule has 7 heteroatoms. The Morgan fingerprint density at radius 3 is 2.69 bits per heavy atom. The zero-order chi connectivity index (χ0) is 12.1. The summed E-state index contributed by atoms with van der Waals surface area (Å²) in [5, 5.41) is 17.3. The molecule has 0 unspecified atom stereocenters. The Hall–Kier alpha value is -2.15. The Morgan fingerprint density at radius 1 is 1.50 bits per heavy atom. The van der Waals surface area contributed by atoms with Gasteiger partial charge in [0.1, 0.15) is 11.4 Å². The number of hydrogen-bond acceptors (Lipinski definition) is 4. The van der Waals surface area contributed by atoms with E-state index in [2.05, 4.69) is 9.97 Å². The van der Waals surface area contributed by atoms with E-state index in [-0.39, 0.29) is 5.82 Å².